The lowest BCUT2D eigenvalue weighted by Gasteiger charge is -2.32. The maximum atomic E-state index is 13.0. The molecule has 6 heteroatoms. The molecule has 0 fully saturated rings. The number of nitrogens with zero attached hydrogens (tertiary/aromatic N) is 2. The molecular weight excluding hydrogens is 344 g/mol. The summed E-state index contributed by atoms with van der Waals surface area (Å²) in [6.07, 6.45) is 4.57. The van der Waals surface area contributed by atoms with Gasteiger partial charge in [0, 0.05) is 32.3 Å². The van der Waals surface area contributed by atoms with Gasteiger partial charge in [0.1, 0.15) is 5.56 Å². The molecule has 1 aromatic carbocycles. The topological polar surface area (TPSA) is 79.6 Å². The molecule has 1 aliphatic heterocycles. The van der Waals surface area contributed by atoms with Crippen molar-refractivity contribution in [2.45, 2.75) is 45.2 Å². The maximum absolute atomic E-state index is 13.0. The summed E-state index contributed by atoms with van der Waals surface area (Å²) in [5.74, 6) is -1.22. The predicted molar refractivity (Wildman–Crippen MR) is 100.0 cm³/mol. The van der Waals surface area contributed by atoms with Crippen molar-refractivity contribution in [3.8, 4) is 0 Å². The lowest BCUT2D eigenvalue weighted by Crippen LogP contribution is -2.40. The molecule has 4 rings (SSSR count). The summed E-state index contributed by atoms with van der Waals surface area (Å²) in [6.45, 7) is 2.31. The van der Waals surface area contributed by atoms with E-state index in [1.165, 1.54) is 18.1 Å². The quantitative estimate of drug-likeness (QED) is 0.884. The number of aryl methyl sites for hydroxylation is 1. The lowest BCUT2D eigenvalue weighted by molar-refractivity contribution is -0.129. The molecule has 140 valence electrons. The minimum absolute atomic E-state index is 0.0399. The maximum Gasteiger partial charge on any atom is 0.341 e. The number of carbonyl (C=O) groups is 2. The van der Waals surface area contributed by atoms with E-state index < -0.39 is 11.5 Å². The van der Waals surface area contributed by atoms with E-state index >= 15 is 0 Å². The van der Waals surface area contributed by atoms with Crippen molar-refractivity contribution in [1.82, 2.24) is 9.47 Å². The molecule has 0 radical (unpaired) electrons. The van der Waals surface area contributed by atoms with Crippen LogP contribution in [0.3, 0.4) is 0 Å². The fraction of sp³-hybridized carbons (Fsp3) is 0.381. The molecular formula is C21H22N2O4. The first kappa shape index (κ1) is 17.5. The number of aromatic nitrogens is 1. The Morgan fingerprint density at radius 2 is 1.85 bits per heavy atom. The fourth-order valence-corrected chi connectivity index (χ4v) is 4.35. The summed E-state index contributed by atoms with van der Waals surface area (Å²) in [4.78, 5) is 38.3. The van der Waals surface area contributed by atoms with Crippen LogP contribution in [0.4, 0.5) is 0 Å². The Hall–Kier alpha value is -2.89. The monoisotopic (exact) mass is 366 g/mol. The van der Waals surface area contributed by atoms with Crippen LogP contribution in [0.5, 0.6) is 0 Å². The van der Waals surface area contributed by atoms with E-state index in [4.69, 9.17) is 0 Å². The van der Waals surface area contributed by atoms with Gasteiger partial charge < -0.3 is 14.6 Å². The number of carbonyl (C=O) groups excluding carboxylic acids is 1. The van der Waals surface area contributed by atoms with Gasteiger partial charge in [-0.15, -0.1) is 0 Å². The minimum atomic E-state index is -1.18. The van der Waals surface area contributed by atoms with Crippen LogP contribution in [-0.2, 0) is 30.6 Å². The van der Waals surface area contributed by atoms with Crippen LogP contribution < -0.4 is 5.56 Å². The van der Waals surface area contributed by atoms with Crippen molar-refractivity contribution >= 4 is 11.9 Å². The molecule has 2 heterocycles. The fourth-order valence-electron chi connectivity index (χ4n) is 4.35. The molecule has 0 spiro atoms. The van der Waals surface area contributed by atoms with Crippen molar-refractivity contribution < 1.29 is 14.7 Å². The molecule has 0 saturated carbocycles. The van der Waals surface area contributed by atoms with Crippen LogP contribution in [0.15, 0.2) is 35.3 Å². The lowest BCUT2D eigenvalue weighted by atomic mass is 9.87. The van der Waals surface area contributed by atoms with Crippen LogP contribution in [0.25, 0.3) is 0 Å². The van der Waals surface area contributed by atoms with Crippen LogP contribution >= 0.6 is 0 Å². The highest BCUT2D eigenvalue weighted by atomic mass is 16.4. The third-order valence-corrected chi connectivity index (χ3v) is 5.80. The first-order chi connectivity index (χ1) is 13.0. The minimum Gasteiger partial charge on any atom is -0.477 e. The Balaban J connectivity index is 1.79. The van der Waals surface area contributed by atoms with Crippen LogP contribution in [0.1, 0.15) is 52.0 Å². The molecule has 1 N–H and O–H groups in total. The molecule has 27 heavy (non-hydrogen) atoms. The SMILES string of the molecule is CC(=O)N1CCc2c(cn(C3CCc4ccccc4C3)c(=O)c2C(=O)O)C1. The van der Waals surface area contributed by atoms with Gasteiger partial charge in [-0.2, -0.15) is 0 Å². The second-order valence-electron chi connectivity index (χ2n) is 7.38. The Kier molecular flexibility index (Phi) is 4.34. The molecule has 1 atom stereocenters. The number of hydrogen-bond donors (Lipinski definition) is 1. The number of amides is 1. The van der Waals surface area contributed by atoms with Gasteiger partial charge in [-0.1, -0.05) is 24.3 Å². The summed E-state index contributed by atoms with van der Waals surface area (Å²) < 4.78 is 1.60. The zero-order valence-electron chi connectivity index (χ0n) is 15.3. The number of carboxylic acids is 1. The first-order valence-electron chi connectivity index (χ1n) is 9.28. The number of carboxylic acid groups (broad SMARTS) is 1. The van der Waals surface area contributed by atoms with Gasteiger partial charge in [-0.05, 0) is 47.9 Å². The Bertz CT molecular complexity index is 992. The smallest absolute Gasteiger partial charge is 0.341 e. The van der Waals surface area contributed by atoms with E-state index in [1.807, 2.05) is 12.1 Å². The van der Waals surface area contributed by atoms with Crippen molar-refractivity contribution in [2.75, 3.05) is 6.54 Å². The highest BCUT2D eigenvalue weighted by Crippen LogP contribution is 2.30. The standard InChI is InChI=1S/C21H22N2O4/c1-13(24)22-9-8-18-16(11-22)12-23(20(25)19(18)21(26)27)17-7-6-14-4-2-3-5-15(14)10-17/h2-5,12,17H,6-11H2,1H3,(H,26,27). The van der Waals surface area contributed by atoms with E-state index in [0.717, 1.165) is 18.4 Å². The van der Waals surface area contributed by atoms with Gasteiger partial charge in [0.15, 0.2) is 0 Å². The highest BCUT2D eigenvalue weighted by Gasteiger charge is 2.29. The second kappa shape index (κ2) is 6.68. The molecule has 2 aliphatic rings. The highest BCUT2D eigenvalue weighted by molar-refractivity contribution is 5.89. The summed E-state index contributed by atoms with van der Waals surface area (Å²) in [5, 5.41) is 9.68. The Morgan fingerprint density at radius 1 is 1.11 bits per heavy atom. The van der Waals surface area contributed by atoms with Crippen molar-refractivity contribution in [1.29, 1.82) is 0 Å². The second-order valence-corrected chi connectivity index (χ2v) is 7.38. The van der Waals surface area contributed by atoms with Crippen LogP contribution in [0.2, 0.25) is 0 Å². The number of pyridine rings is 1. The zero-order valence-corrected chi connectivity index (χ0v) is 15.3. The van der Waals surface area contributed by atoms with E-state index in [0.29, 0.717) is 31.5 Å². The van der Waals surface area contributed by atoms with E-state index in [9.17, 15) is 19.5 Å². The number of hydrogen-bond acceptors (Lipinski definition) is 3. The average Bonchev–Trinajstić information content (AvgIpc) is 2.66. The van der Waals surface area contributed by atoms with Crippen molar-refractivity contribution in [3.63, 3.8) is 0 Å². The van der Waals surface area contributed by atoms with Gasteiger partial charge in [-0.25, -0.2) is 4.79 Å². The summed E-state index contributed by atoms with van der Waals surface area (Å²) >= 11 is 0. The summed E-state index contributed by atoms with van der Waals surface area (Å²) in [5.41, 5.74) is 3.29. The third kappa shape index (κ3) is 3.05. The number of benzene rings is 1. The predicted octanol–water partition coefficient (Wildman–Crippen LogP) is 2.18. The molecule has 1 aliphatic carbocycles. The zero-order chi connectivity index (χ0) is 19.1. The molecule has 6 nitrogen and oxygen atoms in total. The number of rotatable bonds is 2. The summed E-state index contributed by atoms with van der Waals surface area (Å²) in [6, 6.07) is 8.12. The normalized spacial score (nSPS) is 18.6. The third-order valence-electron chi connectivity index (χ3n) is 5.80. The van der Waals surface area contributed by atoms with E-state index in [1.54, 1.807) is 15.7 Å². The van der Waals surface area contributed by atoms with Gasteiger partial charge in [0.25, 0.3) is 5.56 Å². The summed E-state index contributed by atoms with van der Waals surface area (Å²) in [7, 11) is 0. The van der Waals surface area contributed by atoms with Gasteiger partial charge in [0.05, 0.1) is 0 Å². The van der Waals surface area contributed by atoms with E-state index in [-0.39, 0.29) is 17.5 Å². The van der Waals surface area contributed by atoms with Crippen molar-refractivity contribution in [3.05, 3.63) is 68.6 Å². The largest absolute Gasteiger partial charge is 0.477 e. The van der Waals surface area contributed by atoms with Gasteiger partial charge in [0.2, 0.25) is 5.91 Å². The molecule has 2 aromatic rings. The molecule has 0 bridgehead atoms. The molecule has 1 unspecified atom stereocenters. The van der Waals surface area contributed by atoms with E-state index in [2.05, 4.69) is 12.1 Å². The Morgan fingerprint density at radius 3 is 2.56 bits per heavy atom. The van der Waals surface area contributed by atoms with Crippen molar-refractivity contribution in [2.24, 2.45) is 0 Å². The number of aromatic carboxylic acids is 1. The average molecular weight is 366 g/mol. The van der Waals surface area contributed by atoms with Gasteiger partial charge in [-0.3, -0.25) is 9.59 Å². The molecule has 1 amide bonds. The first-order valence-corrected chi connectivity index (χ1v) is 9.28. The van der Waals surface area contributed by atoms with Crippen LogP contribution in [-0.4, -0.2) is 33.0 Å². The van der Waals surface area contributed by atoms with Gasteiger partial charge >= 0.3 is 5.97 Å². The van der Waals surface area contributed by atoms with Crippen LogP contribution in [0, 0.1) is 0 Å². The number of fused-ring (bicyclic) bond motifs is 2. The molecule has 0 saturated heterocycles. The molecule has 1 aromatic heterocycles. The Labute approximate surface area is 157 Å².